The Morgan fingerprint density at radius 3 is 1.83 bits per heavy atom. The average Bonchev–Trinajstić information content (AvgIpc) is 2.55. The minimum absolute atomic E-state index is 0.711. The summed E-state index contributed by atoms with van der Waals surface area (Å²) in [6.45, 7) is 1.89. The number of hydrogen-bond acceptors (Lipinski definition) is 5. The Morgan fingerprint density at radius 1 is 0.750 bits per heavy atom. The fourth-order valence-corrected chi connectivity index (χ4v) is 2.36. The van der Waals surface area contributed by atoms with Crippen molar-refractivity contribution in [2.75, 3.05) is 29.6 Å². The fraction of sp³-hybridized carbons (Fsp3) is 0.158. The highest BCUT2D eigenvalue weighted by Crippen LogP contribution is 2.22. The predicted octanol–water partition coefficient (Wildman–Crippen LogP) is 4.34. The van der Waals surface area contributed by atoms with Gasteiger partial charge in [-0.3, -0.25) is 0 Å². The van der Waals surface area contributed by atoms with Gasteiger partial charge in [0, 0.05) is 37.2 Å². The summed E-state index contributed by atoms with van der Waals surface area (Å²) in [6, 6.07) is 20.1. The SMILES string of the molecule is Cc1nc(Nc2ccccc2)cc(Nc2ccc(N(C)C)cc2)n1. The van der Waals surface area contributed by atoms with Gasteiger partial charge in [-0.2, -0.15) is 0 Å². The van der Waals surface area contributed by atoms with Crippen LogP contribution in [-0.2, 0) is 0 Å². The molecule has 0 saturated carbocycles. The Balaban J connectivity index is 1.78. The van der Waals surface area contributed by atoms with Crippen LogP contribution in [-0.4, -0.2) is 24.1 Å². The largest absolute Gasteiger partial charge is 0.378 e. The topological polar surface area (TPSA) is 53.1 Å². The number of nitrogens with zero attached hydrogens (tertiary/aromatic N) is 3. The number of nitrogens with one attached hydrogen (secondary N) is 2. The van der Waals surface area contributed by atoms with Crippen LogP contribution in [0.3, 0.4) is 0 Å². The minimum Gasteiger partial charge on any atom is -0.378 e. The maximum atomic E-state index is 4.46. The number of aryl methyl sites for hydroxylation is 1. The lowest BCUT2D eigenvalue weighted by atomic mass is 10.2. The molecule has 0 saturated heterocycles. The molecule has 0 radical (unpaired) electrons. The van der Waals surface area contributed by atoms with Crippen LogP contribution in [0.1, 0.15) is 5.82 Å². The van der Waals surface area contributed by atoms with Crippen molar-refractivity contribution in [1.29, 1.82) is 0 Å². The molecule has 3 rings (SSSR count). The molecule has 0 fully saturated rings. The lowest BCUT2D eigenvalue weighted by Gasteiger charge is -2.14. The van der Waals surface area contributed by atoms with Gasteiger partial charge in [0.05, 0.1) is 0 Å². The zero-order valence-electron chi connectivity index (χ0n) is 14.1. The molecule has 3 aromatic rings. The van der Waals surface area contributed by atoms with Crippen molar-refractivity contribution in [2.24, 2.45) is 0 Å². The third-order valence-electron chi connectivity index (χ3n) is 3.54. The zero-order chi connectivity index (χ0) is 16.9. The quantitative estimate of drug-likeness (QED) is 0.733. The number of para-hydroxylation sites is 1. The van der Waals surface area contributed by atoms with Crippen molar-refractivity contribution in [3.05, 3.63) is 66.5 Å². The first-order valence-electron chi connectivity index (χ1n) is 7.82. The molecule has 0 amide bonds. The van der Waals surface area contributed by atoms with E-state index in [9.17, 15) is 0 Å². The van der Waals surface area contributed by atoms with E-state index in [4.69, 9.17) is 0 Å². The second kappa shape index (κ2) is 7.00. The molecule has 24 heavy (non-hydrogen) atoms. The first-order chi connectivity index (χ1) is 11.6. The van der Waals surface area contributed by atoms with E-state index in [1.54, 1.807) is 0 Å². The maximum absolute atomic E-state index is 4.46. The highest BCUT2D eigenvalue weighted by atomic mass is 15.1. The van der Waals surface area contributed by atoms with Crippen molar-refractivity contribution in [2.45, 2.75) is 6.92 Å². The Kier molecular flexibility index (Phi) is 4.61. The van der Waals surface area contributed by atoms with E-state index in [0.29, 0.717) is 5.82 Å². The van der Waals surface area contributed by atoms with E-state index in [1.807, 2.05) is 69.6 Å². The molecule has 0 bridgehead atoms. The highest BCUT2D eigenvalue weighted by Gasteiger charge is 2.04. The maximum Gasteiger partial charge on any atom is 0.136 e. The molecule has 0 unspecified atom stereocenters. The molecule has 0 atom stereocenters. The number of hydrogen-bond donors (Lipinski definition) is 2. The Labute approximate surface area is 142 Å². The van der Waals surface area contributed by atoms with Gasteiger partial charge in [0.1, 0.15) is 17.5 Å². The Morgan fingerprint density at radius 2 is 1.29 bits per heavy atom. The van der Waals surface area contributed by atoms with Gasteiger partial charge in [0.15, 0.2) is 0 Å². The van der Waals surface area contributed by atoms with Crippen molar-refractivity contribution in [3.8, 4) is 0 Å². The first kappa shape index (κ1) is 15.8. The van der Waals surface area contributed by atoms with Crippen molar-refractivity contribution in [1.82, 2.24) is 9.97 Å². The van der Waals surface area contributed by atoms with Gasteiger partial charge in [-0.15, -0.1) is 0 Å². The van der Waals surface area contributed by atoms with Crippen molar-refractivity contribution in [3.63, 3.8) is 0 Å². The summed E-state index contributed by atoms with van der Waals surface area (Å²) in [5.41, 5.74) is 3.15. The molecule has 122 valence electrons. The summed E-state index contributed by atoms with van der Waals surface area (Å²) < 4.78 is 0. The van der Waals surface area contributed by atoms with E-state index >= 15 is 0 Å². The number of benzene rings is 2. The molecule has 0 aliphatic heterocycles. The molecule has 5 nitrogen and oxygen atoms in total. The van der Waals surface area contributed by atoms with Gasteiger partial charge in [0.2, 0.25) is 0 Å². The molecule has 2 aromatic carbocycles. The van der Waals surface area contributed by atoms with Crippen molar-refractivity contribution >= 4 is 28.7 Å². The van der Waals surface area contributed by atoms with Crippen LogP contribution in [0.15, 0.2) is 60.7 Å². The monoisotopic (exact) mass is 319 g/mol. The summed E-state index contributed by atoms with van der Waals surface area (Å²) in [4.78, 5) is 11.0. The summed E-state index contributed by atoms with van der Waals surface area (Å²) in [5, 5.41) is 6.62. The molecule has 5 heteroatoms. The van der Waals surface area contributed by atoms with Crippen LogP contribution in [0.4, 0.5) is 28.7 Å². The number of rotatable bonds is 5. The summed E-state index contributed by atoms with van der Waals surface area (Å²) in [5.74, 6) is 2.24. The first-order valence-corrected chi connectivity index (χ1v) is 7.82. The van der Waals surface area contributed by atoms with Gasteiger partial charge in [-0.1, -0.05) is 18.2 Å². The van der Waals surface area contributed by atoms with Gasteiger partial charge in [-0.05, 0) is 43.3 Å². The number of anilines is 5. The van der Waals surface area contributed by atoms with Gasteiger partial charge < -0.3 is 15.5 Å². The van der Waals surface area contributed by atoms with Gasteiger partial charge >= 0.3 is 0 Å². The van der Waals surface area contributed by atoms with Crippen LogP contribution >= 0.6 is 0 Å². The third-order valence-corrected chi connectivity index (χ3v) is 3.54. The van der Waals surface area contributed by atoms with E-state index in [-0.39, 0.29) is 0 Å². The third kappa shape index (κ3) is 4.01. The average molecular weight is 319 g/mol. The molecule has 0 aliphatic carbocycles. The van der Waals surface area contributed by atoms with Crippen LogP contribution in [0.5, 0.6) is 0 Å². The zero-order valence-corrected chi connectivity index (χ0v) is 14.1. The van der Waals surface area contributed by atoms with E-state index < -0.39 is 0 Å². The second-order valence-corrected chi connectivity index (χ2v) is 5.74. The molecule has 1 aromatic heterocycles. The van der Waals surface area contributed by atoms with E-state index in [2.05, 4.69) is 37.6 Å². The fourth-order valence-electron chi connectivity index (χ4n) is 2.36. The second-order valence-electron chi connectivity index (χ2n) is 5.74. The van der Waals surface area contributed by atoms with Gasteiger partial charge in [0.25, 0.3) is 0 Å². The smallest absolute Gasteiger partial charge is 0.136 e. The Hall–Kier alpha value is -3.08. The van der Waals surface area contributed by atoms with E-state index in [1.165, 1.54) is 0 Å². The molecule has 0 aliphatic rings. The lowest BCUT2D eigenvalue weighted by Crippen LogP contribution is -2.08. The summed E-state index contributed by atoms with van der Waals surface area (Å²) in [7, 11) is 4.05. The summed E-state index contributed by atoms with van der Waals surface area (Å²) in [6.07, 6.45) is 0. The van der Waals surface area contributed by atoms with Crippen LogP contribution in [0, 0.1) is 6.92 Å². The predicted molar refractivity (Wildman–Crippen MR) is 101 cm³/mol. The van der Waals surface area contributed by atoms with Crippen LogP contribution < -0.4 is 15.5 Å². The molecule has 2 N–H and O–H groups in total. The highest BCUT2D eigenvalue weighted by molar-refractivity contribution is 5.64. The number of aromatic nitrogens is 2. The van der Waals surface area contributed by atoms with Crippen LogP contribution in [0.2, 0.25) is 0 Å². The normalized spacial score (nSPS) is 10.3. The molecule has 1 heterocycles. The molecular weight excluding hydrogens is 298 g/mol. The van der Waals surface area contributed by atoms with Crippen molar-refractivity contribution < 1.29 is 0 Å². The van der Waals surface area contributed by atoms with Crippen LogP contribution in [0.25, 0.3) is 0 Å². The Bertz CT molecular complexity index is 798. The van der Waals surface area contributed by atoms with Gasteiger partial charge in [-0.25, -0.2) is 9.97 Å². The molecule has 0 spiro atoms. The molecular formula is C19H21N5. The van der Waals surface area contributed by atoms with E-state index in [0.717, 1.165) is 28.7 Å². The lowest BCUT2D eigenvalue weighted by molar-refractivity contribution is 1.06. The minimum atomic E-state index is 0.711. The standard InChI is InChI=1S/C19H21N5/c1-14-20-18(22-15-7-5-4-6-8-15)13-19(21-14)23-16-9-11-17(12-10-16)24(2)3/h4-13H,1-3H3,(H2,20,21,22,23). The summed E-state index contributed by atoms with van der Waals surface area (Å²) >= 11 is 0.